The lowest BCUT2D eigenvalue weighted by Crippen LogP contribution is -2.43. The second-order valence-corrected chi connectivity index (χ2v) is 10.00. The van der Waals surface area contributed by atoms with E-state index < -0.39 is 11.3 Å². The summed E-state index contributed by atoms with van der Waals surface area (Å²) in [5.74, 6) is -3.41. The van der Waals surface area contributed by atoms with Gasteiger partial charge in [-0.25, -0.2) is 8.78 Å². The number of alkyl halides is 2. The number of ether oxygens (including phenoxy) is 1. The topological polar surface area (TPSA) is 84.5 Å². The molecule has 2 aromatic rings. The van der Waals surface area contributed by atoms with Crippen molar-refractivity contribution in [3.8, 4) is 0 Å². The Morgan fingerprint density at radius 3 is 2.56 bits per heavy atom. The number of carbonyl (C=O) groups excluding carboxylic acids is 3. The maximum atomic E-state index is 13.9. The quantitative estimate of drug-likeness (QED) is 0.491. The van der Waals surface area contributed by atoms with Crippen molar-refractivity contribution >= 4 is 28.8 Å². The third-order valence-electron chi connectivity index (χ3n) is 7.12. The zero-order chi connectivity index (χ0) is 25.8. The minimum absolute atomic E-state index is 0.0305. The summed E-state index contributed by atoms with van der Waals surface area (Å²) in [6.45, 7) is 1.74. The van der Waals surface area contributed by atoms with Crippen molar-refractivity contribution in [2.75, 3.05) is 18.5 Å². The summed E-state index contributed by atoms with van der Waals surface area (Å²) >= 11 is 0. The number of carbonyl (C=O) groups is 3. The number of benzene rings is 2. The lowest BCUT2D eigenvalue weighted by atomic mass is 9.75. The number of hydrogen-bond acceptors (Lipinski definition) is 5. The van der Waals surface area contributed by atoms with Crippen molar-refractivity contribution in [3.63, 3.8) is 0 Å². The molecular formula is C28H32F2N2O4. The molecule has 1 aliphatic carbocycles. The molecule has 2 aliphatic rings. The average Bonchev–Trinajstić information content (AvgIpc) is 3.33. The first-order chi connectivity index (χ1) is 17.2. The van der Waals surface area contributed by atoms with E-state index in [1.807, 2.05) is 12.1 Å². The van der Waals surface area contributed by atoms with Gasteiger partial charge in [0, 0.05) is 62.2 Å². The van der Waals surface area contributed by atoms with Gasteiger partial charge in [0.2, 0.25) is 5.91 Å². The highest BCUT2D eigenvalue weighted by molar-refractivity contribution is 5.93. The lowest BCUT2D eigenvalue weighted by Gasteiger charge is -2.28. The Hall–Kier alpha value is -3.13. The van der Waals surface area contributed by atoms with Crippen molar-refractivity contribution in [3.05, 3.63) is 59.7 Å². The molecule has 0 aromatic heterocycles. The molecule has 1 saturated carbocycles. The Balaban J connectivity index is 1.36. The maximum absolute atomic E-state index is 13.9. The molecule has 4 rings (SSSR count). The Morgan fingerprint density at radius 1 is 1.14 bits per heavy atom. The highest BCUT2D eigenvalue weighted by Gasteiger charge is 2.45. The molecule has 36 heavy (non-hydrogen) atoms. The zero-order valence-electron chi connectivity index (χ0n) is 20.4. The number of anilines is 2. The van der Waals surface area contributed by atoms with Crippen LogP contribution in [0.5, 0.6) is 0 Å². The molecule has 0 bridgehead atoms. The van der Waals surface area contributed by atoms with Gasteiger partial charge in [0.25, 0.3) is 5.92 Å². The molecule has 2 aromatic carbocycles. The number of hydrogen-bond donors (Lipinski definition) is 2. The Labute approximate surface area is 209 Å². The van der Waals surface area contributed by atoms with Gasteiger partial charge in [0.05, 0.1) is 12.0 Å². The van der Waals surface area contributed by atoms with E-state index in [0.717, 1.165) is 18.9 Å². The van der Waals surface area contributed by atoms with E-state index in [1.54, 1.807) is 30.3 Å². The lowest BCUT2D eigenvalue weighted by molar-refractivity contribution is -0.138. The summed E-state index contributed by atoms with van der Waals surface area (Å²) in [6.07, 6.45) is 2.78. The predicted molar refractivity (Wildman–Crippen MR) is 132 cm³/mol. The fourth-order valence-corrected chi connectivity index (χ4v) is 4.99. The van der Waals surface area contributed by atoms with Crippen LogP contribution in [-0.4, -0.2) is 30.7 Å². The second-order valence-electron chi connectivity index (χ2n) is 10.00. The van der Waals surface area contributed by atoms with Gasteiger partial charge in [0.15, 0.2) is 0 Å². The molecule has 192 valence electrons. The van der Waals surface area contributed by atoms with Crippen molar-refractivity contribution in [2.24, 2.45) is 11.3 Å². The Morgan fingerprint density at radius 2 is 1.89 bits per heavy atom. The van der Waals surface area contributed by atoms with Crippen molar-refractivity contribution < 1.29 is 27.9 Å². The van der Waals surface area contributed by atoms with E-state index in [1.165, 1.54) is 6.07 Å². The van der Waals surface area contributed by atoms with Crippen LogP contribution in [0.1, 0.15) is 56.6 Å². The number of amides is 1. The SMILES string of the molecule is CC(F)(F)c1ccccc1Nc1ccc(CNC(=O)[C@]2(CC(=O)C3CCCC(=O)C3)CCOC2)cc1. The molecule has 6 nitrogen and oxygen atoms in total. The molecule has 2 atom stereocenters. The van der Waals surface area contributed by atoms with Crippen molar-refractivity contribution in [1.29, 1.82) is 0 Å². The van der Waals surface area contributed by atoms with Gasteiger partial charge in [-0.1, -0.05) is 30.3 Å². The molecular weight excluding hydrogens is 466 g/mol. The molecule has 8 heteroatoms. The molecule has 2 N–H and O–H groups in total. The van der Waals surface area contributed by atoms with Crippen LogP contribution in [0.25, 0.3) is 0 Å². The van der Waals surface area contributed by atoms with Crippen molar-refractivity contribution in [1.82, 2.24) is 5.32 Å². The number of rotatable bonds is 9. The molecule has 0 radical (unpaired) electrons. The molecule has 1 saturated heterocycles. The molecule has 1 unspecified atom stereocenters. The average molecular weight is 499 g/mol. The molecule has 1 aliphatic heterocycles. The van der Waals surface area contributed by atoms with Gasteiger partial charge >= 0.3 is 0 Å². The highest BCUT2D eigenvalue weighted by atomic mass is 19.3. The largest absolute Gasteiger partial charge is 0.380 e. The molecule has 1 heterocycles. The standard InChI is InChI=1S/C28H32F2N2O4/c1-27(29,30)23-7-2-3-8-24(23)32-21-11-9-19(10-12-21)17-31-26(35)28(13-14-36-18-28)16-25(34)20-5-4-6-22(33)15-20/h2-3,7-12,20,32H,4-6,13-18H2,1H3,(H,31,35)/t20?,28-/m0/s1. The number of halogens is 2. The van der Waals surface area contributed by atoms with Crippen LogP contribution < -0.4 is 10.6 Å². The normalized spacial score (nSPS) is 22.3. The van der Waals surface area contributed by atoms with Gasteiger partial charge in [-0.2, -0.15) is 0 Å². The molecule has 2 fully saturated rings. The first kappa shape index (κ1) is 25.9. The Kier molecular flexibility index (Phi) is 7.83. The summed E-state index contributed by atoms with van der Waals surface area (Å²) in [5.41, 5.74) is 0.821. The van der Waals surface area contributed by atoms with Crippen LogP contribution in [0.4, 0.5) is 20.2 Å². The third-order valence-corrected chi connectivity index (χ3v) is 7.12. The summed E-state index contributed by atoms with van der Waals surface area (Å²) in [5, 5.41) is 5.97. The van der Waals surface area contributed by atoms with E-state index >= 15 is 0 Å². The molecule has 0 spiro atoms. The number of Topliss-reactive ketones (excluding diaryl/α,β-unsaturated/α-hetero) is 2. The van der Waals surface area contributed by atoms with Crippen LogP contribution in [0.15, 0.2) is 48.5 Å². The van der Waals surface area contributed by atoms with E-state index in [0.29, 0.717) is 37.2 Å². The fourth-order valence-electron chi connectivity index (χ4n) is 4.99. The van der Waals surface area contributed by atoms with Gasteiger partial charge in [-0.15, -0.1) is 0 Å². The summed E-state index contributed by atoms with van der Waals surface area (Å²) in [7, 11) is 0. The number of para-hydroxylation sites is 1. The monoisotopic (exact) mass is 498 g/mol. The van der Waals surface area contributed by atoms with E-state index in [2.05, 4.69) is 10.6 Å². The van der Waals surface area contributed by atoms with E-state index in [-0.39, 0.29) is 54.9 Å². The van der Waals surface area contributed by atoms with Gasteiger partial charge < -0.3 is 15.4 Å². The van der Waals surface area contributed by atoms with Crippen LogP contribution >= 0.6 is 0 Å². The van der Waals surface area contributed by atoms with E-state index in [9.17, 15) is 23.2 Å². The van der Waals surface area contributed by atoms with Crippen LogP contribution in [0.3, 0.4) is 0 Å². The predicted octanol–water partition coefficient (Wildman–Crippen LogP) is 5.28. The third kappa shape index (κ3) is 6.16. The Bertz CT molecular complexity index is 1110. The van der Waals surface area contributed by atoms with Gasteiger partial charge in [-0.3, -0.25) is 14.4 Å². The number of ketones is 2. The van der Waals surface area contributed by atoms with Crippen LogP contribution in [0, 0.1) is 11.3 Å². The van der Waals surface area contributed by atoms with E-state index in [4.69, 9.17) is 4.74 Å². The molecule has 1 amide bonds. The highest BCUT2D eigenvalue weighted by Crippen LogP contribution is 2.37. The minimum Gasteiger partial charge on any atom is -0.380 e. The summed E-state index contributed by atoms with van der Waals surface area (Å²) in [6, 6.07) is 13.4. The van der Waals surface area contributed by atoms with Crippen LogP contribution in [-0.2, 0) is 31.6 Å². The van der Waals surface area contributed by atoms with Gasteiger partial charge in [-0.05, 0) is 43.0 Å². The smallest absolute Gasteiger partial charge is 0.272 e. The first-order valence-corrected chi connectivity index (χ1v) is 12.4. The van der Waals surface area contributed by atoms with Gasteiger partial charge in [0.1, 0.15) is 11.6 Å². The van der Waals surface area contributed by atoms with Crippen LogP contribution in [0.2, 0.25) is 0 Å². The first-order valence-electron chi connectivity index (χ1n) is 12.4. The fraction of sp³-hybridized carbons (Fsp3) is 0.464. The zero-order valence-corrected chi connectivity index (χ0v) is 20.4. The van der Waals surface area contributed by atoms with Crippen molar-refractivity contribution in [2.45, 2.75) is 57.9 Å². The maximum Gasteiger partial charge on any atom is 0.272 e. The summed E-state index contributed by atoms with van der Waals surface area (Å²) < 4.78 is 33.3. The second kappa shape index (κ2) is 10.9. The summed E-state index contributed by atoms with van der Waals surface area (Å²) in [4.78, 5) is 37.9. The minimum atomic E-state index is -2.97. The number of nitrogens with one attached hydrogen (secondary N) is 2.